The maximum atomic E-state index is 13.4. The summed E-state index contributed by atoms with van der Waals surface area (Å²) in [7, 11) is 0. The van der Waals surface area contributed by atoms with E-state index in [4.69, 9.17) is 15.2 Å². The number of halogens is 3. The molecule has 0 aromatic heterocycles. The van der Waals surface area contributed by atoms with Crippen LogP contribution < -0.4 is 10.5 Å². The van der Waals surface area contributed by atoms with Crippen molar-refractivity contribution in [2.24, 2.45) is 11.1 Å². The van der Waals surface area contributed by atoms with Gasteiger partial charge in [0.05, 0.1) is 12.2 Å². The average Bonchev–Trinajstić information content (AvgIpc) is 2.83. The Kier molecular flexibility index (Phi) is 5.04. The molecule has 2 N–H and O–H groups in total. The zero-order chi connectivity index (χ0) is 20.7. The summed E-state index contributed by atoms with van der Waals surface area (Å²) in [5.41, 5.74) is 6.88. The molecule has 1 atom stereocenters. The van der Waals surface area contributed by atoms with E-state index in [0.717, 1.165) is 17.2 Å². The maximum Gasteiger partial charge on any atom is 0.419 e. The molecule has 1 amide bonds. The van der Waals surface area contributed by atoms with Gasteiger partial charge in [0.2, 0.25) is 0 Å². The minimum absolute atomic E-state index is 0.150. The van der Waals surface area contributed by atoms with Crippen molar-refractivity contribution >= 4 is 6.09 Å². The molecule has 2 aromatic rings. The molecular formula is C21H22F3NO3. The third-order valence-corrected chi connectivity index (χ3v) is 4.93. The fourth-order valence-electron chi connectivity index (χ4n) is 3.75. The van der Waals surface area contributed by atoms with Gasteiger partial charge in [0, 0.05) is 5.41 Å². The summed E-state index contributed by atoms with van der Waals surface area (Å²) in [4.78, 5) is 11.2. The van der Waals surface area contributed by atoms with Gasteiger partial charge in [-0.2, -0.15) is 13.2 Å². The third kappa shape index (κ3) is 3.79. The van der Waals surface area contributed by atoms with Gasteiger partial charge in [-0.25, -0.2) is 4.79 Å². The van der Waals surface area contributed by atoms with Gasteiger partial charge in [0.25, 0.3) is 0 Å². The molecule has 2 aromatic carbocycles. The van der Waals surface area contributed by atoms with Gasteiger partial charge in [-0.05, 0) is 47.7 Å². The van der Waals surface area contributed by atoms with Crippen LogP contribution in [0, 0.1) is 5.41 Å². The van der Waals surface area contributed by atoms with E-state index in [1.807, 2.05) is 19.9 Å². The maximum absolute atomic E-state index is 13.4. The fourth-order valence-corrected chi connectivity index (χ4v) is 3.75. The second kappa shape index (κ2) is 7.04. The number of nitrogens with two attached hydrogens (primary N) is 1. The van der Waals surface area contributed by atoms with Crippen molar-refractivity contribution in [3.8, 4) is 16.9 Å². The first kappa shape index (κ1) is 20.0. The highest BCUT2D eigenvalue weighted by Gasteiger charge is 2.41. The standard InChI is InChI=1S/C21H22F3NO3/c1-4-27-17-8-6-13(10-16(17)21(22,23)24)12-5-7-15-14(9-12)11-20(2,3)18(15)28-19(25)26/h5-10,18H,4,11H2,1-3H3,(H2,25,26). The van der Waals surface area contributed by atoms with Gasteiger partial charge in [-0.1, -0.05) is 38.1 Å². The summed E-state index contributed by atoms with van der Waals surface area (Å²) in [5.74, 6) is -0.184. The van der Waals surface area contributed by atoms with Crippen LogP contribution in [0.15, 0.2) is 36.4 Å². The van der Waals surface area contributed by atoms with Gasteiger partial charge in [0.1, 0.15) is 11.9 Å². The predicted octanol–water partition coefficient (Wildman–Crippen LogP) is 5.49. The highest BCUT2D eigenvalue weighted by molar-refractivity contribution is 5.69. The van der Waals surface area contributed by atoms with Crippen molar-refractivity contribution < 1.29 is 27.4 Å². The summed E-state index contributed by atoms with van der Waals surface area (Å²) < 4.78 is 50.7. The van der Waals surface area contributed by atoms with Gasteiger partial charge in [0.15, 0.2) is 0 Å². The van der Waals surface area contributed by atoms with E-state index in [0.29, 0.717) is 17.5 Å². The average molecular weight is 393 g/mol. The van der Waals surface area contributed by atoms with Crippen molar-refractivity contribution in [1.29, 1.82) is 0 Å². The SMILES string of the molecule is CCOc1ccc(-c2ccc3c(c2)CC(C)(C)C3OC(N)=O)cc1C(F)(F)F. The zero-order valence-electron chi connectivity index (χ0n) is 15.9. The minimum atomic E-state index is -4.51. The lowest BCUT2D eigenvalue weighted by atomic mass is 9.87. The van der Waals surface area contributed by atoms with Crippen LogP contribution in [0.5, 0.6) is 5.75 Å². The number of fused-ring (bicyclic) bond motifs is 1. The Hall–Kier alpha value is -2.70. The van der Waals surface area contributed by atoms with Crippen LogP contribution in [0.4, 0.5) is 18.0 Å². The molecule has 0 saturated heterocycles. The number of hydrogen-bond acceptors (Lipinski definition) is 3. The molecule has 150 valence electrons. The molecule has 0 spiro atoms. The Balaban J connectivity index is 2.02. The van der Waals surface area contributed by atoms with E-state index < -0.39 is 23.9 Å². The predicted molar refractivity (Wildman–Crippen MR) is 98.9 cm³/mol. The molecule has 0 aliphatic heterocycles. The van der Waals surface area contributed by atoms with Crippen LogP contribution in [-0.2, 0) is 17.3 Å². The molecule has 28 heavy (non-hydrogen) atoms. The Bertz CT molecular complexity index is 906. The summed E-state index contributed by atoms with van der Waals surface area (Å²) in [6.45, 7) is 5.70. The molecule has 0 bridgehead atoms. The van der Waals surface area contributed by atoms with Crippen molar-refractivity contribution in [2.45, 2.75) is 39.5 Å². The Labute approximate surface area is 161 Å². The Morgan fingerprint density at radius 1 is 1.18 bits per heavy atom. The summed E-state index contributed by atoms with van der Waals surface area (Å²) in [6, 6.07) is 9.42. The molecule has 4 nitrogen and oxygen atoms in total. The first-order valence-corrected chi connectivity index (χ1v) is 8.96. The topological polar surface area (TPSA) is 61.6 Å². The van der Waals surface area contributed by atoms with E-state index >= 15 is 0 Å². The normalized spacial score (nSPS) is 17.9. The lowest BCUT2D eigenvalue weighted by Crippen LogP contribution is -2.25. The smallest absolute Gasteiger partial charge is 0.419 e. The molecule has 1 unspecified atom stereocenters. The molecule has 1 aliphatic carbocycles. The largest absolute Gasteiger partial charge is 0.493 e. The molecule has 0 heterocycles. The lowest BCUT2D eigenvalue weighted by molar-refractivity contribution is -0.138. The number of ether oxygens (including phenoxy) is 2. The summed E-state index contributed by atoms with van der Waals surface area (Å²) in [6.07, 6.45) is -5.23. The van der Waals surface area contributed by atoms with Crippen molar-refractivity contribution in [2.75, 3.05) is 6.61 Å². The fraction of sp³-hybridized carbons (Fsp3) is 0.381. The number of alkyl halides is 3. The molecule has 0 saturated carbocycles. The molecule has 0 fully saturated rings. The number of primary amides is 1. The van der Waals surface area contributed by atoms with Crippen LogP contribution in [-0.4, -0.2) is 12.7 Å². The number of carbonyl (C=O) groups is 1. The second-order valence-corrected chi connectivity index (χ2v) is 7.54. The minimum Gasteiger partial charge on any atom is -0.493 e. The van der Waals surface area contributed by atoms with Gasteiger partial charge < -0.3 is 15.2 Å². The van der Waals surface area contributed by atoms with Crippen LogP contribution >= 0.6 is 0 Å². The number of carbonyl (C=O) groups excluding carboxylic acids is 1. The second-order valence-electron chi connectivity index (χ2n) is 7.54. The van der Waals surface area contributed by atoms with Crippen LogP contribution in [0.25, 0.3) is 11.1 Å². The van der Waals surface area contributed by atoms with E-state index in [-0.39, 0.29) is 17.8 Å². The summed E-state index contributed by atoms with van der Waals surface area (Å²) in [5, 5.41) is 0. The van der Waals surface area contributed by atoms with Gasteiger partial charge in [-0.15, -0.1) is 0 Å². The highest BCUT2D eigenvalue weighted by Crippen LogP contribution is 2.48. The highest BCUT2D eigenvalue weighted by atomic mass is 19.4. The molecule has 0 radical (unpaired) electrons. The first-order valence-electron chi connectivity index (χ1n) is 8.96. The first-order chi connectivity index (χ1) is 13.0. The van der Waals surface area contributed by atoms with Crippen LogP contribution in [0.3, 0.4) is 0 Å². The van der Waals surface area contributed by atoms with E-state index in [1.165, 1.54) is 6.07 Å². The number of rotatable bonds is 4. The van der Waals surface area contributed by atoms with Crippen molar-refractivity contribution in [3.63, 3.8) is 0 Å². The monoisotopic (exact) mass is 393 g/mol. The van der Waals surface area contributed by atoms with Crippen molar-refractivity contribution in [3.05, 3.63) is 53.1 Å². The van der Waals surface area contributed by atoms with Crippen LogP contribution in [0.2, 0.25) is 0 Å². The number of benzene rings is 2. The Morgan fingerprint density at radius 2 is 1.82 bits per heavy atom. The molecule has 1 aliphatic rings. The van der Waals surface area contributed by atoms with E-state index in [1.54, 1.807) is 25.1 Å². The third-order valence-electron chi connectivity index (χ3n) is 4.93. The quantitative estimate of drug-likeness (QED) is 0.747. The number of amides is 1. The van der Waals surface area contributed by atoms with E-state index in [2.05, 4.69) is 0 Å². The molecular weight excluding hydrogens is 371 g/mol. The van der Waals surface area contributed by atoms with Crippen LogP contribution in [0.1, 0.15) is 43.6 Å². The van der Waals surface area contributed by atoms with E-state index in [9.17, 15) is 18.0 Å². The molecule has 7 heteroatoms. The lowest BCUT2D eigenvalue weighted by Gasteiger charge is -2.26. The summed E-state index contributed by atoms with van der Waals surface area (Å²) >= 11 is 0. The van der Waals surface area contributed by atoms with Gasteiger partial charge in [-0.3, -0.25) is 0 Å². The molecule has 3 rings (SSSR count). The zero-order valence-corrected chi connectivity index (χ0v) is 15.9. The van der Waals surface area contributed by atoms with Crippen molar-refractivity contribution in [1.82, 2.24) is 0 Å². The Morgan fingerprint density at radius 3 is 2.43 bits per heavy atom. The van der Waals surface area contributed by atoms with Gasteiger partial charge >= 0.3 is 12.3 Å². The number of hydrogen-bond donors (Lipinski definition) is 1.